The Morgan fingerprint density at radius 3 is 2.54 bits per heavy atom. The van der Waals surface area contributed by atoms with Crippen LogP contribution < -0.4 is 5.32 Å². The number of carbonyl (C=O) groups excluding carboxylic acids is 1. The molecule has 2 aliphatic carbocycles. The third-order valence-electron chi connectivity index (χ3n) is 7.75. The van der Waals surface area contributed by atoms with Crippen LogP contribution >= 0.6 is 11.3 Å². The number of nitrogens with zero attached hydrogens (tertiary/aromatic N) is 2. The zero-order valence-electron chi connectivity index (χ0n) is 21.7. The fraction of sp³-hybridized carbons (Fsp3) is 0.643. The van der Waals surface area contributed by atoms with Gasteiger partial charge in [0.2, 0.25) is 5.91 Å². The number of carbonyl (C=O) groups is 1. The predicted octanol–water partition coefficient (Wildman–Crippen LogP) is 6.05. The van der Waals surface area contributed by atoms with E-state index in [1.165, 1.54) is 23.8 Å². The summed E-state index contributed by atoms with van der Waals surface area (Å²) in [6.45, 7) is 5.06. The van der Waals surface area contributed by atoms with Crippen molar-refractivity contribution in [3.63, 3.8) is 0 Å². The van der Waals surface area contributed by atoms with E-state index in [9.17, 15) is 23.1 Å². The first-order valence-electron chi connectivity index (χ1n) is 13.5. The summed E-state index contributed by atoms with van der Waals surface area (Å²) in [7, 11) is 0. The van der Waals surface area contributed by atoms with Crippen LogP contribution in [0.25, 0.3) is 0 Å². The van der Waals surface area contributed by atoms with Gasteiger partial charge in [-0.3, -0.25) is 4.79 Å². The van der Waals surface area contributed by atoms with Gasteiger partial charge < -0.3 is 15.3 Å². The van der Waals surface area contributed by atoms with E-state index >= 15 is 0 Å². The molecule has 37 heavy (non-hydrogen) atoms. The molecule has 2 atom stereocenters. The van der Waals surface area contributed by atoms with Crippen molar-refractivity contribution in [1.82, 2.24) is 15.2 Å². The van der Waals surface area contributed by atoms with E-state index in [1.54, 1.807) is 17.2 Å². The van der Waals surface area contributed by atoms with E-state index in [0.29, 0.717) is 37.4 Å². The molecule has 2 fully saturated rings. The van der Waals surface area contributed by atoms with E-state index in [1.807, 2.05) is 5.38 Å². The maximum Gasteiger partial charge on any atom is 0.416 e. The van der Waals surface area contributed by atoms with Gasteiger partial charge in [-0.2, -0.15) is 13.2 Å². The summed E-state index contributed by atoms with van der Waals surface area (Å²) in [4.78, 5) is 19.2. The first-order chi connectivity index (χ1) is 17.6. The van der Waals surface area contributed by atoms with Crippen molar-refractivity contribution in [3.05, 3.63) is 51.5 Å². The molecule has 1 amide bonds. The first-order valence-corrected chi connectivity index (χ1v) is 14.4. The highest BCUT2D eigenvalue weighted by Crippen LogP contribution is 2.39. The molecule has 0 spiro atoms. The topological polar surface area (TPSA) is 65.5 Å². The number of nitrogens with one attached hydrogen (secondary N) is 1. The number of fused-ring (bicyclic) bond motifs is 1. The number of amides is 1. The standard InChI is InChI=1S/C25H30F3N3O2S.C3H8/c26-25(27,28)19-3-1-16-7-11-31(15-18(16)13-19)22(32)17-2-4-21(14-17)30-20-5-8-24(33,9-6-20)23-29-10-12-34-23;1-3-2/h1,3,10,12-13,17,20-21,30,33H,2,4-9,11,14-15H2;3H2,1-2H3. The Hall–Kier alpha value is -1.97. The molecule has 2 unspecified atom stereocenters. The third-order valence-corrected chi connectivity index (χ3v) is 8.72. The second-order valence-corrected chi connectivity index (χ2v) is 11.6. The average molecular weight is 538 g/mol. The maximum absolute atomic E-state index is 13.2. The normalized spacial score (nSPS) is 27.8. The smallest absolute Gasteiger partial charge is 0.383 e. The van der Waals surface area contributed by atoms with Gasteiger partial charge in [0.15, 0.2) is 0 Å². The highest BCUT2D eigenvalue weighted by atomic mass is 32.1. The van der Waals surface area contributed by atoms with Gasteiger partial charge in [0, 0.05) is 42.7 Å². The summed E-state index contributed by atoms with van der Waals surface area (Å²) in [5, 5.41) is 17.3. The second kappa shape index (κ2) is 11.8. The molecule has 2 saturated carbocycles. The minimum absolute atomic E-state index is 0.0640. The van der Waals surface area contributed by atoms with Crippen molar-refractivity contribution < 1.29 is 23.1 Å². The van der Waals surface area contributed by atoms with Crippen LogP contribution in [-0.4, -0.2) is 39.5 Å². The molecule has 0 radical (unpaired) electrons. The molecular weight excluding hydrogens is 499 g/mol. The zero-order chi connectivity index (χ0) is 26.6. The molecule has 204 valence electrons. The number of benzene rings is 1. The molecule has 9 heteroatoms. The van der Waals surface area contributed by atoms with Gasteiger partial charge in [-0.25, -0.2) is 4.98 Å². The van der Waals surface area contributed by atoms with Crippen molar-refractivity contribution in [1.29, 1.82) is 0 Å². The van der Waals surface area contributed by atoms with E-state index in [0.717, 1.165) is 48.7 Å². The molecular formula is C28H38F3N3O2S. The Kier molecular flexibility index (Phi) is 8.96. The lowest BCUT2D eigenvalue weighted by Gasteiger charge is -2.36. The Bertz CT molecular complexity index is 1040. The monoisotopic (exact) mass is 537 g/mol. The lowest BCUT2D eigenvalue weighted by Crippen LogP contribution is -2.44. The molecule has 2 heterocycles. The fourth-order valence-corrected chi connectivity index (χ4v) is 6.60. The summed E-state index contributed by atoms with van der Waals surface area (Å²) in [6, 6.07) is 4.46. The van der Waals surface area contributed by atoms with Crippen LogP contribution in [0.5, 0.6) is 0 Å². The van der Waals surface area contributed by atoms with Gasteiger partial charge in [0.1, 0.15) is 10.6 Å². The third kappa shape index (κ3) is 6.73. The molecule has 5 rings (SSSR count). The summed E-state index contributed by atoms with van der Waals surface area (Å²) < 4.78 is 39.3. The van der Waals surface area contributed by atoms with Crippen molar-refractivity contribution in [3.8, 4) is 0 Å². The largest absolute Gasteiger partial charge is 0.416 e. The van der Waals surface area contributed by atoms with Gasteiger partial charge in [-0.1, -0.05) is 26.3 Å². The molecule has 1 aliphatic heterocycles. The van der Waals surface area contributed by atoms with Gasteiger partial charge in [-0.05, 0) is 74.6 Å². The van der Waals surface area contributed by atoms with Crippen molar-refractivity contribution in [2.24, 2.45) is 5.92 Å². The van der Waals surface area contributed by atoms with E-state index < -0.39 is 17.3 Å². The van der Waals surface area contributed by atoms with Gasteiger partial charge in [-0.15, -0.1) is 11.3 Å². The van der Waals surface area contributed by atoms with Gasteiger partial charge >= 0.3 is 6.18 Å². The quantitative estimate of drug-likeness (QED) is 0.498. The van der Waals surface area contributed by atoms with Crippen LogP contribution in [0.1, 0.15) is 86.9 Å². The van der Waals surface area contributed by atoms with E-state index in [4.69, 9.17) is 0 Å². The Balaban J connectivity index is 0.00000102. The molecule has 2 aromatic rings. The predicted molar refractivity (Wildman–Crippen MR) is 139 cm³/mol. The number of thiazole rings is 1. The molecule has 3 aliphatic rings. The van der Waals surface area contributed by atoms with Crippen molar-refractivity contribution >= 4 is 17.2 Å². The van der Waals surface area contributed by atoms with Crippen LogP contribution in [0.2, 0.25) is 0 Å². The van der Waals surface area contributed by atoms with E-state index in [2.05, 4.69) is 24.1 Å². The van der Waals surface area contributed by atoms with Crippen LogP contribution in [0.4, 0.5) is 13.2 Å². The van der Waals surface area contributed by atoms with Crippen molar-refractivity contribution in [2.75, 3.05) is 6.54 Å². The molecule has 1 aromatic heterocycles. The highest BCUT2D eigenvalue weighted by Gasteiger charge is 2.39. The molecule has 0 saturated heterocycles. The number of rotatable bonds is 4. The minimum Gasteiger partial charge on any atom is -0.383 e. The van der Waals surface area contributed by atoms with Crippen LogP contribution in [0.3, 0.4) is 0 Å². The SMILES string of the molecule is CCC.O=C(C1CCC(NC2CCC(O)(c3nccs3)CC2)C1)N1CCc2ccc(C(F)(F)F)cc2C1. The number of halogens is 3. The van der Waals surface area contributed by atoms with Gasteiger partial charge in [0.25, 0.3) is 0 Å². The first kappa shape index (κ1) is 28.0. The number of hydrogen-bond acceptors (Lipinski definition) is 5. The Labute approximate surface area is 221 Å². The Morgan fingerprint density at radius 2 is 1.89 bits per heavy atom. The summed E-state index contributed by atoms with van der Waals surface area (Å²) >= 11 is 1.50. The van der Waals surface area contributed by atoms with Crippen molar-refractivity contribution in [2.45, 2.75) is 102 Å². The lowest BCUT2D eigenvalue weighted by atomic mass is 9.82. The van der Waals surface area contributed by atoms with Crippen LogP contribution in [-0.2, 0) is 29.5 Å². The van der Waals surface area contributed by atoms with Gasteiger partial charge in [0.05, 0.1) is 5.56 Å². The Morgan fingerprint density at radius 1 is 1.16 bits per heavy atom. The molecule has 2 N–H and O–H groups in total. The summed E-state index contributed by atoms with van der Waals surface area (Å²) in [6.07, 6.45) is 4.79. The molecule has 0 bridgehead atoms. The summed E-state index contributed by atoms with van der Waals surface area (Å²) in [5.41, 5.74) is 0.0341. The maximum atomic E-state index is 13.2. The molecule has 5 nitrogen and oxygen atoms in total. The fourth-order valence-electron chi connectivity index (χ4n) is 5.80. The number of aromatic nitrogens is 1. The average Bonchev–Trinajstić information content (AvgIpc) is 3.58. The summed E-state index contributed by atoms with van der Waals surface area (Å²) in [5.74, 6) is -0.0187. The lowest BCUT2D eigenvalue weighted by molar-refractivity contribution is -0.137. The van der Waals surface area contributed by atoms with E-state index in [-0.39, 0.29) is 24.4 Å². The van der Waals surface area contributed by atoms with Crippen LogP contribution in [0, 0.1) is 5.92 Å². The second-order valence-electron chi connectivity index (χ2n) is 10.7. The number of alkyl halides is 3. The van der Waals surface area contributed by atoms with Crippen LogP contribution in [0.15, 0.2) is 29.8 Å². The zero-order valence-corrected chi connectivity index (χ0v) is 22.5. The number of aliphatic hydroxyl groups is 1. The number of hydrogen-bond donors (Lipinski definition) is 2. The highest BCUT2D eigenvalue weighted by molar-refractivity contribution is 7.09. The molecule has 1 aromatic carbocycles. The minimum atomic E-state index is -4.37.